The molecule has 1 heterocycles. The fourth-order valence-electron chi connectivity index (χ4n) is 2.07. The molecule has 0 atom stereocenters. The molecule has 0 radical (unpaired) electrons. The van der Waals surface area contributed by atoms with E-state index in [4.69, 9.17) is 23.2 Å². The Kier molecular flexibility index (Phi) is 5.13. The van der Waals surface area contributed by atoms with E-state index in [0.717, 1.165) is 5.56 Å². The minimum atomic E-state index is -0.257. The summed E-state index contributed by atoms with van der Waals surface area (Å²) in [4.78, 5) is 8.53. The molecule has 0 bridgehead atoms. The van der Waals surface area contributed by atoms with Crippen molar-refractivity contribution in [3.8, 4) is 0 Å². The quantitative estimate of drug-likeness (QED) is 0.648. The number of aromatic nitrogens is 2. The van der Waals surface area contributed by atoms with Crippen LogP contribution in [-0.2, 0) is 6.54 Å². The van der Waals surface area contributed by atoms with Crippen LogP contribution in [0, 0.1) is 5.82 Å². The van der Waals surface area contributed by atoms with Crippen molar-refractivity contribution in [3.63, 3.8) is 0 Å². The van der Waals surface area contributed by atoms with Crippen LogP contribution in [0.25, 0.3) is 0 Å². The van der Waals surface area contributed by atoms with E-state index >= 15 is 0 Å². The lowest BCUT2D eigenvalue weighted by Gasteiger charge is -2.09. The third-order valence-corrected chi connectivity index (χ3v) is 3.60. The van der Waals surface area contributed by atoms with E-state index in [0.29, 0.717) is 34.0 Å². The summed E-state index contributed by atoms with van der Waals surface area (Å²) in [5.74, 6) is 0.801. The summed E-state index contributed by atoms with van der Waals surface area (Å²) >= 11 is 11.9. The smallest absolute Gasteiger partial charge is 0.229 e. The van der Waals surface area contributed by atoms with Crippen molar-refractivity contribution in [1.29, 1.82) is 0 Å². The largest absolute Gasteiger partial charge is 0.366 e. The molecule has 0 spiro atoms. The molecule has 122 valence electrons. The van der Waals surface area contributed by atoms with Gasteiger partial charge in [0.25, 0.3) is 0 Å². The van der Waals surface area contributed by atoms with Crippen LogP contribution in [0.3, 0.4) is 0 Å². The molecule has 2 aromatic carbocycles. The molecule has 2 N–H and O–H groups in total. The molecule has 7 heteroatoms. The topological polar surface area (TPSA) is 49.8 Å². The summed E-state index contributed by atoms with van der Waals surface area (Å²) in [5, 5.41) is 7.26. The summed E-state index contributed by atoms with van der Waals surface area (Å²) in [6.07, 6.45) is 1.63. The van der Waals surface area contributed by atoms with E-state index in [-0.39, 0.29) is 5.82 Å². The molecular weight excluding hydrogens is 350 g/mol. The lowest BCUT2D eigenvalue weighted by atomic mass is 10.2. The Hall–Kier alpha value is -2.37. The number of halogens is 3. The normalized spacial score (nSPS) is 10.5. The van der Waals surface area contributed by atoms with E-state index in [1.807, 2.05) is 0 Å². The molecule has 0 saturated heterocycles. The van der Waals surface area contributed by atoms with Gasteiger partial charge in [-0.25, -0.2) is 9.37 Å². The van der Waals surface area contributed by atoms with E-state index in [2.05, 4.69) is 20.6 Å². The number of anilines is 3. The van der Waals surface area contributed by atoms with Crippen LogP contribution in [0.5, 0.6) is 0 Å². The van der Waals surface area contributed by atoms with Crippen LogP contribution in [0.2, 0.25) is 10.0 Å². The number of hydrogen-bond donors (Lipinski definition) is 2. The van der Waals surface area contributed by atoms with Gasteiger partial charge in [0.15, 0.2) is 0 Å². The zero-order valence-corrected chi connectivity index (χ0v) is 13.9. The fourth-order valence-corrected chi connectivity index (χ4v) is 2.59. The fraction of sp³-hybridized carbons (Fsp3) is 0.0588. The third-order valence-electron chi connectivity index (χ3n) is 3.16. The highest BCUT2D eigenvalue weighted by Gasteiger charge is 2.03. The molecule has 3 aromatic rings. The van der Waals surface area contributed by atoms with Crippen molar-refractivity contribution in [2.75, 3.05) is 10.6 Å². The first-order chi connectivity index (χ1) is 11.6. The van der Waals surface area contributed by atoms with Crippen LogP contribution in [-0.4, -0.2) is 9.97 Å². The zero-order chi connectivity index (χ0) is 16.9. The van der Waals surface area contributed by atoms with Gasteiger partial charge >= 0.3 is 0 Å². The number of nitrogens with zero attached hydrogens (tertiary/aromatic N) is 2. The maximum Gasteiger partial charge on any atom is 0.229 e. The van der Waals surface area contributed by atoms with Gasteiger partial charge in [0.2, 0.25) is 5.95 Å². The monoisotopic (exact) mass is 362 g/mol. The predicted molar refractivity (Wildman–Crippen MR) is 95.5 cm³/mol. The highest BCUT2D eigenvalue weighted by molar-refractivity contribution is 6.35. The average molecular weight is 363 g/mol. The number of hydrogen-bond acceptors (Lipinski definition) is 4. The molecule has 0 aliphatic heterocycles. The van der Waals surface area contributed by atoms with Crippen molar-refractivity contribution in [2.24, 2.45) is 0 Å². The van der Waals surface area contributed by atoms with Crippen molar-refractivity contribution in [2.45, 2.75) is 6.54 Å². The summed E-state index contributed by atoms with van der Waals surface area (Å²) in [5.41, 5.74) is 1.65. The number of nitrogens with one attached hydrogen (secondary N) is 2. The second kappa shape index (κ2) is 7.47. The van der Waals surface area contributed by atoms with E-state index in [1.54, 1.807) is 42.6 Å². The van der Waals surface area contributed by atoms with Gasteiger partial charge in [0.1, 0.15) is 11.6 Å². The molecule has 3 rings (SSSR count). The van der Waals surface area contributed by atoms with Crippen LogP contribution < -0.4 is 10.6 Å². The Bertz CT molecular complexity index is 820. The standard InChI is InChI=1S/C17H13Cl2FN4/c18-12-7-13(19)9-15(8-12)23-17-21-6-5-16(24-17)22-10-11-1-3-14(20)4-2-11/h1-9H,10H2,(H2,21,22,23,24). The minimum absolute atomic E-state index is 0.257. The van der Waals surface area contributed by atoms with Crippen molar-refractivity contribution >= 4 is 40.7 Å². The third kappa shape index (κ3) is 4.57. The summed E-state index contributed by atoms with van der Waals surface area (Å²) in [7, 11) is 0. The van der Waals surface area contributed by atoms with Gasteiger partial charge in [-0.3, -0.25) is 0 Å². The Morgan fingerprint density at radius 2 is 1.67 bits per heavy atom. The minimum Gasteiger partial charge on any atom is -0.366 e. The molecule has 1 aromatic heterocycles. The molecule has 0 saturated carbocycles. The van der Waals surface area contributed by atoms with Crippen molar-refractivity contribution in [1.82, 2.24) is 9.97 Å². The maximum absolute atomic E-state index is 12.9. The van der Waals surface area contributed by atoms with E-state index in [9.17, 15) is 4.39 Å². The van der Waals surface area contributed by atoms with Gasteiger partial charge in [-0.2, -0.15) is 4.98 Å². The van der Waals surface area contributed by atoms with Gasteiger partial charge < -0.3 is 10.6 Å². The maximum atomic E-state index is 12.9. The Labute approximate surface area is 148 Å². The first-order valence-corrected chi connectivity index (χ1v) is 7.88. The highest BCUT2D eigenvalue weighted by atomic mass is 35.5. The first kappa shape index (κ1) is 16.5. The van der Waals surface area contributed by atoms with Crippen molar-refractivity contribution < 1.29 is 4.39 Å². The van der Waals surface area contributed by atoms with Gasteiger partial charge in [-0.15, -0.1) is 0 Å². The molecule has 0 fully saturated rings. The molecular formula is C17H13Cl2FN4. The van der Waals surface area contributed by atoms with Gasteiger partial charge in [-0.05, 0) is 42.0 Å². The van der Waals surface area contributed by atoms with E-state index < -0.39 is 0 Å². The van der Waals surface area contributed by atoms with Gasteiger partial charge in [0.05, 0.1) is 0 Å². The van der Waals surface area contributed by atoms with E-state index in [1.165, 1.54) is 12.1 Å². The van der Waals surface area contributed by atoms with Crippen LogP contribution in [0.1, 0.15) is 5.56 Å². The van der Waals surface area contributed by atoms with Crippen LogP contribution in [0.15, 0.2) is 54.7 Å². The SMILES string of the molecule is Fc1ccc(CNc2ccnc(Nc3cc(Cl)cc(Cl)c3)n2)cc1. The Morgan fingerprint density at radius 1 is 0.958 bits per heavy atom. The Morgan fingerprint density at radius 3 is 2.38 bits per heavy atom. The molecule has 0 amide bonds. The van der Waals surface area contributed by atoms with Crippen LogP contribution >= 0.6 is 23.2 Å². The summed E-state index contributed by atoms with van der Waals surface area (Å²) < 4.78 is 12.9. The summed E-state index contributed by atoms with van der Waals surface area (Å²) in [6.45, 7) is 0.528. The predicted octanol–water partition coefficient (Wildman–Crippen LogP) is 5.28. The lowest BCUT2D eigenvalue weighted by molar-refractivity contribution is 0.627. The molecule has 4 nitrogen and oxygen atoms in total. The zero-order valence-electron chi connectivity index (χ0n) is 12.4. The lowest BCUT2D eigenvalue weighted by Crippen LogP contribution is -2.04. The number of rotatable bonds is 5. The second-order valence-corrected chi connectivity index (χ2v) is 5.90. The molecule has 0 aliphatic carbocycles. The molecule has 24 heavy (non-hydrogen) atoms. The average Bonchev–Trinajstić information content (AvgIpc) is 2.54. The van der Waals surface area contributed by atoms with Crippen LogP contribution in [0.4, 0.5) is 21.8 Å². The second-order valence-electron chi connectivity index (χ2n) is 5.03. The van der Waals surface area contributed by atoms with Gasteiger partial charge in [-0.1, -0.05) is 35.3 Å². The highest BCUT2D eigenvalue weighted by Crippen LogP contribution is 2.24. The first-order valence-electron chi connectivity index (χ1n) is 7.13. The molecule has 0 aliphatic rings. The molecule has 0 unspecified atom stereocenters. The van der Waals surface area contributed by atoms with Crippen molar-refractivity contribution in [3.05, 3.63) is 76.2 Å². The van der Waals surface area contributed by atoms with Gasteiger partial charge in [0, 0.05) is 28.5 Å². The number of benzene rings is 2. The Balaban J connectivity index is 1.68. The summed E-state index contributed by atoms with van der Waals surface area (Å²) in [6, 6.07) is 13.1.